The van der Waals surface area contributed by atoms with Crippen LogP contribution in [0.25, 0.3) is 0 Å². The second kappa shape index (κ2) is 6.79. The van der Waals surface area contributed by atoms with Crippen LogP contribution in [-0.4, -0.2) is 5.91 Å². The molecule has 0 aliphatic heterocycles. The van der Waals surface area contributed by atoms with Gasteiger partial charge in [0.05, 0.1) is 12.8 Å². The van der Waals surface area contributed by atoms with Crippen molar-refractivity contribution >= 4 is 17.3 Å². The average Bonchev–Trinajstić information content (AvgIpc) is 3.08. The van der Waals surface area contributed by atoms with E-state index in [-0.39, 0.29) is 11.7 Å². The zero-order valence-electron chi connectivity index (χ0n) is 12.3. The summed E-state index contributed by atoms with van der Waals surface area (Å²) in [7, 11) is 0. The van der Waals surface area contributed by atoms with Gasteiger partial charge in [0, 0.05) is 16.9 Å². The van der Waals surface area contributed by atoms with Crippen molar-refractivity contribution < 1.29 is 13.6 Å². The molecule has 3 aromatic rings. The van der Waals surface area contributed by atoms with Crippen LogP contribution in [0, 0.1) is 5.82 Å². The van der Waals surface area contributed by atoms with Crippen LogP contribution in [0.3, 0.4) is 0 Å². The van der Waals surface area contributed by atoms with Crippen molar-refractivity contribution in [3.8, 4) is 0 Å². The number of rotatable bonds is 5. The van der Waals surface area contributed by atoms with Gasteiger partial charge in [0.1, 0.15) is 11.6 Å². The molecule has 3 rings (SSSR count). The molecule has 0 radical (unpaired) electrons. The highest BCUT2D eigenvalue weighted by Gasteiger charge is 2.06. The van der Waals surface area contributed by atoms with Gasteiger partial charge >= 0.3 is 0 Å². The summed E-state index contributed by atoms with van der Waals surface area (Å²) in [6.07, 6.45) is 1.63. The number of benzene rings is 2. The monoisotopic (exact) mass is 310 g/mol. The van der Waals surface area contributed by atoms with Crippen molar-refractivity contribution in [1.29, 1.82) is 0 Å². The van der Waals surface area contributed by atoms with Crippen LogP contribution in [0.1, 0.15) is 16.1 Å². The van der Waals surface area contributed by atoms with Gasteiger partial charge in [-0.15, -0.1) is 0 Å². The molecule has 0 saturated carbocycles. The predicted octanol–water partition coefficient (Wildman–Crippen LogP) is 4.28. The Labute approximate surface area is 132 Å². The fraction of sp³-hybridized carbons (Fsp3) is 0.0556. The van der Waals surface area contributed by atoms with Crippen molar-refractivity contribution in [3.05, 3.63) is 84.1 Å². The summed E-state index contributed by atoms with van der Waals surface area (Å²) in [5.41, 5.74) is 2.00. The summed E-state index contributed by atoms with van der Waals surface area (Å²) in [4.78, 5) is 12.0. The molecule has 0 aliphatic rings. The van der Waals surface area contributed by atoms with E-state index in [1.165, 1.54) is 24.3 Å². The Morgan fingerprint density at radius 2 is 1.65 bits per heavy atom. The van der Waals surface area contributed by atoms with Crippen molar-refractivity contribution in [3.63, 3.8) is 0 Å². The van der Waals surface area contributed by atoms with Crippen molar-refractivity contribution in [2.45, 2.75) is 6.54 Å². The van der Waals surface area contributed by atoms with Crippen LogP contribution in [0.5, 0.6) is 0 Å². The standard InChI is InChI=1S/C18H15FN2O2/c19-14-5-3-13(4-6-14)18(22)21-16-9-7-15(8-10-16)20-12-17-2-1-11-23-17/h1-11,20H,12H2,(H,21,22). The smallest absolute Gasteiger partial charge is 0.255 e. The third kappa shape index (κ3) is 3.97. The number of furan rings is 1. The normalized spacial score (nSPS) is 10.3. The van der Waals surface area contributed by atoms with E-state index in [2.05, 4.69) is 10.6 Å². The van der Waals surface area contributed by atoms with E-state index in [1.807, 2.05) is 24.3 Å². The fourth-order valence-corrected chi connectivity index (χ4v) is 2.08. The van der Waals surface area contributed by atoms with Crippen LogP contribution in [-0.2, 0) is 6.54 Å². The van der Waals surface area contributed by atoms with Gasteiger partial charge in [0.2, 0.25) is 0 Å². The molecule has 4 nitrogen and oxygen atoms in total. The Hall–Kier alpha value is -3.08. The molecule has 0 atom stereocenters. The molecule has 0 saturated heterocycles. The van der Waals surface area contributed by atoms with Gasteiger partial charge in [-0.3, -0.25) is 4.79 Å². The number of hydrogen-bond donors (Lipinski definition) is 2. The van der Waals surface area contributed by atoms with Crippen LogP contribution >= 0.6 is 0 Å². The number of hydrogen-bond acceptors (Lipinski definition) is 3. The SMILES string of the molecule is O=C(Nc1ccc(NCc2ccco2)cc1)c1ccc(F)cc1. The fourth-order valence-electron chi connectivity index (χ4n) is 2.08. The lowest BCUT2D eigenvalue weighted by molar-refractivity contribution is 0.102. The Balaban J connectivity index is 1.58. The van der Waals surface area contributed by atoms with E-state index in [9.17, 15) is 9.18 Å². The zero-order valence-corrected chi connectivity index (χ0v) is 12.3. The molecule has 1 amide bonds. The third-order valence-electron chi connectivity index (χ3n) is 3.30. The summed E-state index contributed by atoms with van der Waals surface area (Å²) < 4.78 is 18.1. The van der Waals surface area contributed by atoms with Crippen LogP contribution in [0.4, 0.5) is 15.8 Å². The molecule has 0 unspecified atom stereocenters. The largest absolute Gasteiger partial charge is 0.467 e. The maximum Gasteiger partial charge on any atom is 0.255 e. The van der Waals surface area contributed by atoms with Crippen LogP contribution in [0.15, 0.2) is 71.3 Å². The van der Waals surface area contributed by atoms with E-state index in [1.54, 1.807) is 18.4 Å². The molecule has 0 spiro atoms. The number of amides is 1. The van der Waals surface area contributed by atoms with Crippen molar-refractivity contribution in [1.82, 2.24) is 0 Å². The minimum Gasteiger partial charge on any atom is -0.467 e. The number of carbonyl (C=O) groups excluding carboxylic acids is 1. The zero-order chi connectivity index (χ0) is 16.1. The first-order valence-corrected chi connectivity index (χ1v) is 7.14. The molecule has 0 aliphatic carbocycles. The van der Waals surface area contributed by atoms with E-state index in [0.717, 1.165) is 11.4 Å². The molecule has 116 valence electrons. The average molecular weight is 310 g/mol. The minimum atomic E-state index is -0.367. The quantitative estimate of drug-likeness (QED) is 0.739. The molecule has 2 aromatic carbocycles. The van der Waals surface area contributed by atoms with Gasteiger partial charge in [0.25, 0.3) is 5.91 Å². The lowest BCUT2D eigenvalue weighted by Gasteiger charge is -2.08. The molecular formula is C18H15FN2O2. The summed E-state index contributed by atoms with van der Waals surface area (Å²) in [6.45, 7) is 0.592. The number of halogens is 1. The maximum atomic E-state index is 12.9. The Morgan fingerprint density at radius 1 is 0.957 bits per heavy atom. The Bertz CT molecular complexity index is 766. The van der Waals surface area contributed by atoms with Gasteiger partial charge in [-0.2, -0.15) is 0 Å². The highest BCUT2D eigenvalue weighted by molar-refractivity contribution is 6.04. The van der Waals surface area contributed by atoms with Gasteiger partial charge in [0.15, 0.2) is 0 Å². The first kappa shape index (κ1) is 14.8. The molecule has 23 heavy (non-hydrogen) atoms. The summed E-state index contributed by atoms with van der Waals surface area (Å²) in [5.74, 6) is 0.202. The lowest BCUT2D eigenvalue weighted by atomic mass is 10.2. The van der Waals surface area contributed by atoms with Gasteiger partial charge in [-0.05, 0) is 60.7 Å². The summed E-state index contributed by atoms with van der Waals surface area (Å²) in [6, 6.07) is 16.5. The third-order valence-corrected chi connectivity index (χ3v) is 3.30. The van der Waals surface area contributed by atoms with E-state index in [0.29, 0.717) is 17.8 Å². The Kier molecular flexibility index (Phi) is 4.38. The van der Waals surface area contributed by atoms with Crippen molar-refractivity contribution in [2.75, 3.05) is 10.6 Å². The lowest BCUT2D eigenvalue weighted by Crippen LogP contribution is -2.11. The highest BCUT2D eigenvalue weighted by Crippen LogP contribution is 2.16. The van der Waals surface area contributed by atoms with E-state index in [4.69, 9.17) is 4.42 Å². The first-order chi connectivity index (χ1) is 11.2. The first-order valence-electron chi connectivity index (χ1n) is 7.14. The summed E-state index contributed by atoms with van der Waals surface area (Å²) >= 11 is 0. The predicted molar refractivity (Wildman–Crippen MR) is 86.8 cm³/mol. The van der Waals surface area contributed by atoms with Gasteiger partial charge in [-0.25, -0.2) is 4.39 Å². The summed E-state index contributed by atoms with van der Waals surface area (Å²) in [5, 5.41) is 5.98. The number of anilines is 2. The number of carbonyl (C=O) groups is 1. The topological polar surface area (TPSA) is 54.3 Å². The maximum absolute atomic E-state index is 12.9. The van der Waals surface area contributed by atoms with Gasteiger partial charge < -0.3 is 15.1 Å². The minimum absolute atomic E-state index is 0.277. The Morgan fingerprint density at radius 3 is 2.30 bits per heavy atom. The molecular weight excluding hydrogens is 295 g/mol. The second-order valence-corrected chi connectivity index (χ2v) is 4.97. The highest BCUT2D eigenvalue weighted by atomic mass is 19.1. The number of nitrogens with one attached hydrogen (secondary N) is 2. The molecule has 1 aromatic heterocycles. The molecule has 0 fully saturated rings. The molecule has 1 heterocycles. The van der Waals surface area contributed by atoms with Crippen molar-refractivity contribution in [2.24, 2.45) is 0 Å². The van der Waals surface area contributed by atoms with Crippen LogP contribution < -0.4 is 10.6 Å². The van der Waals surface area contributed by atoms with Gasteiger partial charge in [-0.1, -0.05) is 0 Å². The molecule has 0 bridgehead atoms. The van der Waals surface area contributed by atoms with E-state index < -0.39 is 0 Å². The molecule has 2 N–H and O–H groups in total. The van der Waals surface area contributed by atoms with Crippen LogP contribution in [0.2, 0.25) is 0 Å². The second-order valence-electron chi connectivity index (χ2n) is 4.97. The molecule has 5 heteroatoms. The van der Waals surface area contributed by atoms with E-state index >= 15 is 0 Å².